The summed E-state index contributed by atoms with van der Waals surface area (Å²) in [5.74, 6) is 2.33. The van der Waals surface area contributed by atoms with Crippen molar-refractivity contribution in [2.24, 2.45) is 0 Å². The van der Waals surface area contributed by atoms with Gasteiger partial charge in [0.2, 0.25) is 0 Å². The van der Waals surface area contributed by atoms with E-state index in [-0.39, 0.29) is 11.5 Å². The van der Waals surface area contributed by atoms with E-state index in [1.807, 2.05) is 19.2 Å². The average Bonchev–Trinajstić information content (AvgIpc) is 2.70. The molecule has 1 aromatic heterocycles. The maximum atomic E-state index is 11.3. The van der Waals surface area contributed by atoms with Crippen LogP contribution in [0, 0.1) is 0 Å². The Morgan fingerprint density at radius 1 is 1.29 bits per heavy atom. The quantitative estimate of drug-likeness (QED) is 0.837. The summed E-state index contributed by atoms with van der Waals surface area (Å²) in [6.45, 7) is 2.61. The summed E-state index contributed by atoms with van der Waals surface area (Å²) in [6, 6.07) is 3.91. The lowest BCUT2D eigenvalue weighted by Gasteiger charge is -2.25. The van der Waals surface area contributed by atoms with Crippen LogP contribution in [0.25, 0.3) is 0 Å². The van der Waals surface area contributed by atoms with Crippen LogP contribution in [0.2, 0.25) is 0 Å². The summed E-state index contributed by atoms with van der Waals surface area (Å²) < 4.78 is 28.2. The van der Waals surface area contributed by atoms with Gasteiger partial charge in [-0.15, -0.1) is 0 Å². The van der Waals surface area contributed by atoms with Crippen LogP contribution in [0.5, 0.6) is 0 Å². The van der Waals surface area contributed by atoms with Gasteiger partial charge in [-0.25, -0.2) is 8.42 Å². The fourth-order valence-electron chi connectivity index (χ4n) is 1.91. The van der Waals surface area contributed by atoms with Crippen LogP contribution in [-0.4, -0.2) is 45.0 Å². The molecule has 1 fully saturated rings. The monoisotopic (exact) mass is 258 g/mol. The van der Waals surface area contributed by atoms with E-state index >= 15 is 0 Å². The van der Waals surface area contributed by atoms with Gasteiger partial charge in [0, 0.05) is 13.1 Å². The summed E-state index contributed by atoms with van der Waals surface area (Å²) in [7, 11) is -0.921. The SMILES string of the molecule is CNCc1ccc(CN2CCS(=O)(=O)CC2)o1. The second kappa shape index (κ2) is 5.20. The average molecular weight is 258 g/mol. The van der Waals surface area contributed by atoms with Gasteiger partial charge in [0.05, 0.1) is 24.6 Å². The van der Waals surface area contributed by atoms with Gasteiger partial charge in [0.25, 0.3) is 0 Å². The first-order valence-corrected chi connectivity index (χ1v) is 7.56. The van der Waals surface area contributed by atoms with Gasteiger partial charge in [-0.2, -0.15) is 0 Å². The summed E-state index contributed by atoms with van der Waals surface area (Å²) in [5, 5.41) is 3.03. The third kappa shape index (κ3) is 3.55. The Morgan fingerprint density at radius 3 is 2.59 bits per heavy atom. The molecule has 17 heavy (non-hydrogen) atoms. The molecule has 1 aliphatic rings. The highest BCUT2D eigenvalue weighted by Crippen LogP contribution is 2.12. The summed E-state index contributed by atoms with van der Waals surface area (Å²) in [4.78, 5) is 2.11. The van der Waals surface area contributed by atoms with Crippen molar-refractivity contribution >= 4 is 9.84 Å². The van der Waals surface area contributed by atoms with Crippen LogP contribution in [0.1, 0.15) is 11.5 Å². The molecule has 0 saturated carbocycles. The van der Waals surface area contributed by atoms with Crippen LogP contribution in [0.3, 0.4) is 0 Å². The third-order valence-electron chi connectivity index (χ3n) is 2.88. The maximum Gasteiger partial charge on any atom is 0.152 e. The minimum atomic E-state index is -2.79. The molecule has 1 aromatic rings. The molecule has 0 radical (unpaired) electrons. The van der Waals surface area contributed by atoms with Crippen LogP contribution in [-0.2, 0) is 22.9 Å². The van der Waals surface area contributed by atoms with Crippen LogP contribution in [0.4, 0.5) is 0 Å². The fraction of sp³-hybridized carbons (Fsp3) is 0.636. The molecule has 0 amide bonds. The van der Waals surface area contributed by atoms with E-state index in [4.69, 9.17) is 4.42 Å². The molecule has 0 aromatic carbocycles. The van der Waals surface area contributed by atoms with E-state index in [9.17, 15) is 8.42 Å². The van der Waals surface area contributed by atoms with E-state index in [1.165, 1.54) is 0 Å². The zero-order valence-electron chi connectivity index (χ0n) is 9.98. The Hall–Kier alpha value is -0.850. The van der Waals surface area contributed by atoms with Crippen molar-refractivity contribution < 1.29 is 12.8 Å². The summed E-state index contributed by atoms with van der Waals surface area (Å²) in [5.41, 5.74) is 0. The van der Waals surface area contributed by atoms with Gasteiger partial charge in [0.1, 0.15) is 11.5 Å². The summed E-state index contributed by atoms with van der Waals surface area (Å²) in [6.07, 6.45) is 0. The molecule has 2 rings (SSSR count). The molecule has 96 valence electrons. The Morgan fingerprint density at radius 2 is 1.94 bits per heavy atom. The van der Waals surface area contributed by atoms with E-state index < -0.39 is 9.84 Å². The van der Waals surface area contributed by atoms with E-state index in [0.29, 0.717) is 26.2 Å². The number of rotatable bonds is 4. The predicted octanol–water partition coefficient (Wildman–Crippen LogP) is 0.229. The molecule has 6 heteroatoms. The maximum absolute atomic E-state index is 11.3. The Kier molecular flexibility index (Phi) is 3.86. The van der Waals surface area contributed by atoms with E-state index in [1.54, 1.807) is 0 Å². The smallest absolute Gasteiger partial charge is 0.152 e. The number of sulfone groups is 1. The largest absolute Gasteiger partial charge is 0.463 e. The van der Waals surface area contributed by atoms with Crippen LogP contribution < -0.4 is 5.32 Å². The van der Waals surface area contributed by atoms with E-state index in [2.05, 4.69) is 10.2 Å². The molecule has 0 spiro atoms. The van der Waals surface area contributed by atoms with Crippen molar-refractivity contribution in [3.63, 3.8) is 0 Å². The lowest BCUT2D eigenvalue weighted by molar-refractivity contribution is 0.259. The standard InChI is InChI=1S/C11H18N2O3S/c1-12-8-10-2-3-11(16-10)9-13-4-6-17(14,15)7-5-13/h2-3,12H,4-9H2,1H3. The van der Waals surface area contributed by atoms with Crippen LogP contribution in [0.15, 0.2) is 16.5 Å². The molecule has 0 unspecified atom stereocenters. The third-order valence-corrected chi connectivity index (χ3v) is 4.49. The topological polar surface area (TPSA) is 62.6 Å². The van der Waals surface area contributed by atoms with Crippen molar-refractivity contribution in [1.29, 1.82) is 0 Å². The molecule has 1 saturated heterocycles. The van der Waals surface area contributed by atoms with Crippen molar-refractivity contribution in [2.75, 3.05) is 31.6 Å². The molecule has 1 N–H and O–H groups in total. The molecule has 0 aliphatic carbocycles. The molecule has 5 nitrogen and oxygen atoms in total. The Labute approximate surface area is 102 Å². The van der Waals surface area contributed by atoms with E-state index in [0.717, 1.165) is 11.5 Å². The zero-order valence-corrected chi connectivity index (χ0v) is 10.8. The molecule has 2 heterocycles. The second-order valence-electron chi connectivity index (χ2n) is 4.33. The highest BCUT2D eigenvalue weighted by Gasteiger charge is 2.22. The number of nitrogens with zero attached hydrogens (tertiary/aromatic N) is 1. The lowest BCUT2D eigenvalue weighted by Crippen LogP contribution is -2.39. The first kappa shape index (κ1) is 12.6. The van der Waals surface area contributed by atoms with Crippen molar-refractivity contribution in [3.05, 3.63) is 23.7 Å². The molecule has 0 bridgehead atoms. The lowest BCUT2D eigenvalue weighted by atomic mass is 10.4. The normalized spacial score (nSPS) is 20.5. The second-order valence-corrected chi connectivity index (χ2v) is 6.63. The van der Waals surface area contributed by atoms with Gasteiger partial charge >= 0.3 is 0 Å². The molecular weight excluding hydrogens is 240 g/mol. The highest BCUT2D eigenvalue weighted by molar-refractivity contribution is 7.91. The number of nitrogens with one attached hydrogen (secondary N) is 1. The highest BCUT2D eigenvalue weighted by atomic mass is 32.2. The van der Waals surface area contributed by atoms with Crippen molar-refractivity contribution in [3.8, 4) is 0 Å². The summed E-state index contributed by atoms with van der Waals surface area (Å²) >= 11 is 0. The minimum Gasteiger partial charge on any atom is -0.463 e. The molecular formula is C11H18N2O3S. The Balaban J connectivity index is 1.88. The predicted molar refractivity (Wildman–Crippen MR) is 65.4 cm³/mol. The fourth-order valence-corrected chi connectivity index (χ4v) is 3.18. The van der Waals surface area contributed by atoms with Crippen molar-refractivity contribution in [2.45, 2.75) is 13.1 Å². The first-order valence-electron chi connectivity index (χ1n) is 5.74. The molecule has 0 atom stereocenters. The number of hydrogen-bond acceptors (Lipinski definition) is 5. The minimum absolute atomic E-state index is 0.261. The van der Waals surface area contributed by atoms with Gasteiger partial charge in [0.15, 0.2) is 9.84 Å². The van der Waals surface area contributed by atoms with Gasteiger partial charge in [-0.3, -0.25) is 4.90 Å². The van der Waals surface area contributed by atoms with Crippen LogP contribution >= 0.6 is 0 Å². The van der Waals surface area contributed by atoms with Gasteiger partial charge in [-0.05, 0) is 19.2 Å². The van der Waals surface area contributed by atoms with Crippen molar-refractivity contribution in [1.82, 2.24) is 10.2 Å². The molecule has 1 aliphatic heterocycles. The van der Waals surface area contributed by atoms with Gasteiger partial charge in [-0.1, -0.05) is 0 Å². The number of furan rings is 1. The Bertz CT molecular complexity index is 453. The first-order chi connectivity index (χ1) is 8.09. The zero-order chi connectivity index (χ0) is 12.3. The number of hydrogen-bond donors (Lipinski definition) is 1. The van der Waals surface area contributed by atoms with Gasteiger partial charge < -0.3 is 9.73 Å².